The first-order valence-corrected chi connectivity index (χ1v) is 18.4. The number of carbonyl (C=O) groups excluding carboxylic acids is 3. The lowest BCUT2D eigenvalue weighted by Crippen LogP contribution is -2.64. The van der Waals surface area contributed by atoms with Gasteiger partial charge in [-0.05, 0) is 85.4 Å². The molecule has 0 spiro atoms. The Morgan fingerprint density at radius 3 is 2.17 bits per heavy atom. The molecule has 11 nitrogen and oxygen atoms in total. The molecule has 260 valence electrons. The highest BCUT2D eigenvalue weighted by atomic mass is 32.2. The number of nitrogens with zero attached hydrogens (tertiary/aromatic N) is 2. The van der Waals surface area contributed by atoms with Crippen molar-refractivity contribution in [1.29, 1.82) is 0 Å². The number of hydrogen-bond acceptors (Lipinski definition) is 8. The number of benzene rings is 1. The topological polar surface area (TPSA) is 148 Å². The first-order valence-electron chi connectivity index (χ1n) is 16.5. The van der Waals surface area contributed by atoms with Crippen molar-refractivity contribution in [2.45, 2.75) is 108 Å². The first kappa shape index (κ1) is 37.9. The van der Waals surface area contributed by atoms with Crippen molar-refractivity contribution in [3.05, 3.63) is 35.9 Å². The number of hydrogen-bond donors (Lipinski definition) is 4. The minimum absolute atomic E-state index is 0.0329. The fourth-order valence-corrected chi connectivity index (χ4v) is 7.27. The van der Waals surface area contributed by atoms with Crippen molar-refractivity contribution in [1.82, 2.24) is 25.8 Å². The zero-order valence-corrected chi connectivity index (χ0v) is 29.8. The van der Waals surface area contributed by atoms with Crippen LogP contribution in [0.15, 0.2) is 30.3 Å². The molecule has 6 atom stereocenters. The Bertz CT molecular complexity index is 1300. The summed E-state index contributed by atoms with van der Waals surface area (Å²) in [7, 11) is -0.402. The number of nitrogens with one attached hydrogen (secondary N) is 3. The number of likely N-dealkylation sites (tertiary alicyclic amines) is 1. The molecule has 1 aliphatic carbocycles. The van der Waals surface area contributed by atoms with Crippen LogP contribution in [-0.2, 0) is 30.6 Å². The molecule has 3 amide bonds. The van der Waals surface area contributed by atoms with Crippen LogP contribution in [-0.4, -0.2) is 116 Å². The molecular weight excluding hydrogens is 606 g/mol. The smallest absolute Gasteiger partial charge is 0.244 e. The third kappa shape index (κ3) is 10.5. The molecule has 1 saturated carbocycles. The summed E-state index contributed by atoms with van der Waals surface area (Å²) in [5.41, 5.74) is 0.461. The summed E-state index contributed by atoms with van der Waals surface area (Å²) in [5, 5.41) is 20.5. The van der Waals surface area contributed by atoms with Crippen LogP contribution in [0.25, 0.3) is 0 Å². The summed E-state index contributed by atoms with van der Waals surface area (Å²) >= 11 is 0. The van der Waals surface area contributed by atoms with Crippen LogP contribution in [0.1, 0.15) is 72.3 Å². The zero-order valence-electron chi connectivity index (χ0n) is 29.0. The number of amides is 3. The van der Waals surface area contributed by atoms with Gasteiger partial charge < -0.3 is 26.0 Å². The van der Waals surface area contributed by atoms with Crippen molar-refractivity contribution < 1.29 is 27.9 Å². The van der Waals surface area contributed by atoms with E-state index in [-0.39, 0.29) is 25.4 Å². The van der Waals surface area contributed by atoms with Crippen molar-refractivity contribution in [3.8, 4) is 0 Å². The zero-order chi connectivity index (χ0) is 34.4. The van der Waals surface area contributed by atoms with Gasteiger partial charge in [-0.1, -0.05) is 49.6 Å². The van der Waals surface area contributed by atoms with Crippen molar-refractivity contribution in [2.24, 2.45) is 11.8 Å². The number of sulfone groups is 1. The molecule has 3 rings (SSSR count). The van der Waals surface area contributed by atoms with Crippen molar-refractivity contribution in [2.75, 3.05) is 40.0 Å². The van der Waals surface area contributed by atoms with Crippen LogP contribution >= 0.6 is 0 Å². The van der Waals surface area contributed by atoms with Crippen LogP contribution in [0.2, 0.25) is 0 Å². The SMILES string of the molecule is CN(C)CC(=O)N[C@H](C(=O)N[C@@H](Cc1ccccc1)[C@H](O)CN1CC2CCCCC2C[C@H]1C(=O)NC(C)(C)C)C(C)(C)S(C)(=O)=O. The highest BCUT2D eigenvalue weighted by Crippen LogP contribution is 2.39. The van der Waals surface area contributed by atoms with Crippen molar-refractivity contribution >= 4 is 27.6 Å². The Morgan fingerprint density at radius 2 is 1.61 bits per heavy atom. The molecule has 0 radical (unpaired) electrons. The van der Waals surface area contributed by atoms with E-state index in [4.69, 9.17) is 0 Å². The molecule has 46 heavy (non-hydrogen) atoms. The summed E-state index contributed by atoms with van der Waals surface area (Å²) in [6, 6.07) is 6.77. The molecule has 0 aromatic heterocycles. The molecule has 2 fully saturated rings. The minimum atomic E-state index is -3.81. The third-order valence-corrected chi connectivity index (χ3v) is 11.6. The molecule has 4 N–H and O–H groups in total. The number of aliphatic hydroxyl groups is 1. The molecule has 0 bridgehead atoms. The second-order valence-corrected chi connectivity index (χ2v) is 17.8. The van der Waals surface area contributed by atoms with Crippen LogP contribution < -0.4 is 16.0 Å². The molecule has 1 aromatic carbocycles. The summed E-state index contributed by atoms with van der Waals surface area (Å²) < 4.78 is 24.1. The fraction of sp³-hybridized carbons (Fsp3) is 0.735. The Kier molecular flexibility index (Phi) is 12.8. The summed E-state index contributed by atoms with van der Waals surface area (Å²) in [5.74, 6) is -0.359. The van der Waals surface area contributed by atoms with Crippen LogP contribution in [0.4, 0.5) is 0 Å². The van der Waals surface area contributed by atoms with Crippen molar-refractivity contribution in [3.63, 3.8) is 0 Å². The average Bonchev–Trinajstić information content (AvgIpc) is 2.93. The number of fused-ring (bicyclic) bond motifs is 1. The number of rotatable bonds is 13. The lowest BCUT2D eigenvalue weighted by molar-refractivity contribution is -0.133. The maximum atomic E-state index is 14.0. The quantitative estimate of drug-likeness (QED) is 0.250. The van der Waals surface area contributed by atoms with Crippen LogP contribution in [0.3, 0.4) is 0 Å². The lowest BCUT2D eigenvalue weighted by Gasteiger charge is -2.47. The largest absolute Gasteiger partial charge is 0.390 e. The van der Waals surface area contributed by atoms with Crippen LogP contribution in [0.5, 0.6) is 0 Å². The van der Waals surface area contributed by atoms with E-state index in [1.807, 2.05) is 51.1 Å². The molecule has 12 heteroatoms. The standard InChI is InChI=1S/C34H57N5O6S/c1-33(2,3)37-31(42)27-19-24-16-12-13-17-25(24)20-39(27)21-28(40)26(18-23-14-10-9-11-15-23)35-32(43)30(34(4,5)46(8,44)45)36-29(41)22-38(6)7/h9-11,14-15,24-28,30,40H,12-13,16-22H2,1-8H3,(H,35,43)(H,36,41)(H,37,42)/t24?,25?,26-,27-,28+,30+/m0/s1. The predicted octanol–water partition coefficient (Wildman–Crippen LogP) is 1.74. The van der Waals surface area contributed by atoms with Gasteiger partial charge in [-0.2, -0.15) is 0 Å². The molecule has 1 aliphatic heterocycles. The van der Waals surface area contributed by atoms with Gasteiger partial charge in [0.1, 0.15) is 6.04 Å². The Labute approximate surface area is 276 Å². The maximum Gasteiger partial charge on any atom is 0.244 e. The average molecular weight is 664 g/mol. The maximum absolute atomic E-state index is 14.0. The van der Waals surface area contributed by atoms with Gasteiger partial charge in [0.2, 0.25) is 17.7 Å². The highest BCUT2D eigenvalue weighted by molar-refractivity contribution is 7.92. The third-order valence-electron chi connectivity index (χ3n) is 9.49. The number of piperidine rings is 1. The van der Waals surface area contributed by atoms with E-state index in [0.717, 1.165) is 37.5 Å². The second-order valence-electron chi connectivity index (χ2n) is 15.2. The van der Waals surface area contributed by atoms with Gasteiger partial charge >= 0.3 is 0 Å². The van der Waals surface area contributed by atoms with E-state index < -0.39 is 56.2 Å². The molecule has 2 unspecified atom stereocenters. The van der Waals surface area contributed by atoms with E-state index in [0.29, 0.717) is 18.4 Å². The number of aliphatic hydroxyl groups excluding tert-OH is 1. The Morgan fingerprint density at radius 1 is 1.00 bits per heavy atom. The number of likely N-dealkylation sites (N-methyl/N-ethyl adjacent to an activating group) is 1. The van der Waals surface area contributed by atoms with Gasteiger partial charge in [-0.25, -0.2) is 8.42 Å². The minimum Gasteiger partial charge on any atom is -0.390 e. The lowest BCUT2D eigenvalue weighted by atomic mass is 9.72. The molecular formula is C34H57N5O6S. The normalized spacial score (nSPS) is 23.1. The van der Waals surface area contributed by atoms with Crippen LogP contribution in [0, 0.1) is 11.8 Å². The summed E-state index contributed by atoms with van der Waals surface area (Å²) in [6.45, 7) is 9.48. The monoisotopic (exact) mass is 663 g/mol. The fourth-order valence-electron chi connectivity index (χ4n) is 6.67. The van der Waals surface area contributed by atoms with Gasteiger partial charge in [0, 0.05) is 24.9 Å². The Hall–Kier alpha value is -2.54. The number of β-amino-alcohol motifs (C(OH)–C–C–N with tert-alkyl or cyclic N) is 1. The van der Waals surface area contributed by atoms with Gasteiger partial charge in [0.15, 0.2) is 9.84 Å². The second kappa shape index (κ2) is 15.6. The molecule has 1 aromatic rings. The van der Waals surface area contributed by atoms with Gasteiger partial charge in [0.05, 0.1) is 29.5 Å². The summed E-state index contributed by atoms with van der Waals surface area (Å²) in [4.78, 5) is 44.1. The van der Waals surface area contributed by atoms with E-state index >= 15 is 0 Å². The molecule has 1 heterocycles. The predicted molar refractivity (Wildman–Crippen MR) is 181 cm³/mol. The van der Waals surface area contributed by atoms with Gasteiger partial charge in [-0.15, -0.1) is 0 Å². The van der Waals surface area contributed by atoms with Gasteiger partial charge in [0.25, 0.3) is 0 Å². The summed E-state index contributed by atoms with van der Waals surface area (Å²) in [6.07, 6.45) is 5.45. The van der Waals surface area contributed by atoms with E-state index in [2.05, 4.69) is 20.9 Å². The molecule has 2 aliphatic rings. The number of carbonyl (C=O) groups is 3. The highest BCUT2D eigenvalue weighted by Gasteiger charge is 2.46. The van der Waals surface area contributed by atoms with E-state index in [1.54, 1.807) is 19.0 Å². The van der Waals surface area contributed by atoms with Gasteiger partial charge in [-0.3, -0.25) is 19.3 Å². The Balaban J connectivity index is 1.92. The van der Waals surface area contributed by atoms with E-state index in [9.17, 15) is 27.9 Å². The first-order chi connectivity index (χ1) is 21.3. The van der Waals surface area contributed by atoms with E-state index in [1.165, 1.54) is 20.3 Å². The molecule has 1 saturated heterocycles.